The van der Waals surface area contributed by atoms with Crippen LogP contribution >= 0.6 is 0 Å². The molecule has 116 valence electrons. The Kier molecular flexibility index (Phi) is 7.15. The lowest BCUT2D eigenvalue weighted by Gasteiger charge is -2.15. The number of methoxy groups -OCH3 is 3. The second kappa shape index (κ2) is 8.89. The Hall–Kier alpha value is -2.17. The lowest BCUT2D eigenvalue weighted by Crippen LogP contribution is -2.25. The summed E-state index contributed by atoms with van der Waals surface area (Å²) < 4.78 is 15.9. The van der Waals surface area contributed by atoms with Gasteiger partial charge in [-0.3, -0.25) is 4.79 Å². The van der Waals surface area contributed by atoms with Crippen LogP contribution in [0.2, 0.25) is 0 Å². The van der Waals surface area contributed by atoms with E-state index in [0.717, 1.165) is 5.56 Å². The van der Waals surface area contributed by atoms with Crippen molar-refractivity contribution in [2.75, 3.05) is 27.9 Å². The normalized spacial score (nSPS) is 9.86. The van der Waals surface area contributed by atoms with Crippen LogP contribution in [0, 0.1) is 0 Å². The number of rotatable bonds is 9. The maximum atomic E-state index is 11.6. The van der Waals surface area contributed by atoms with Gasteiger partial charge >= 0.3 is 0 Å². The van der Waals surface area contributed by atoms with Crippen molar-refractivity contribution in [1.29, 1.82) is 0 Å². The standard InChI is InChI=1S/C16H23NO4/c1-5-6-7-16(18)17-9-8-13-14(20-3)10-12(19-2)11-15(13)21-4/h5,10-11H,1,6-9H2,2-4H3,(H,17,18). The van der Waals surface area contributed by atoms with Crippen LogP contribution < -0.4 is 19.5 Å². The molecule has 1 aromatic rings. The van der Waals surface area contributed by atoms with Gasteiger partial charge in [-0.25, -0.2) is 0 Å². The van der Waals surface area contributed by atoms with E-state index in [9.17, 15) is 4.79 Å². The molecule has 1 amide bonds. The van der Waals surface area contributed by atoms with Crippen LogP contribution in [0.15, 0.2) is 24.8 Å². The Morgan fingerprint density at radius 1 is 1.19 bits per heavy atom. The van der Waals surface area contributed by atoms with E-state index in [4.69, 9.17) is 14.2 Å². The maximum absolute atomic E-state index is 11.6. The van der Waals surface area contributed by atoms with Crippen molar-refractivity contribution in [1.82, 2.24) is 5.32 Å². The van der Waals surface area contributed by atoms with Gasteiger partial charge in [0.15, 0.2) is 0 Å². The number of carbonyl (C=O) groups is 1. The van der Waals surface area contributed by atoms with Gasteiger partial charge in [-0.15, -0.1) is 6.58 Å². The quantitative estimate of drug-likeness (QED) is 0.710. The summed E-state index contributed by atoms with van der Waals surface area (Å²) in [4.78, 5) is 11.6. The molecule has 0 heterocycles. The predicted molar refractivity (Wildman–Crippen MR) is 82.2 cm³/mol. The van der Waals surface area contributed by atoms with Gasteiger partial charge in [-0.1, -0.05) is 6.08 Å². The van der Waals surface area contributed by atoms with E-state index in [1.54, 1.807) is 39.5 Å². The molecule has 0 aliphatic heterocycles. The molecule has 0 aromatic heterocycles. The average Bonchev–Trinajstić information content (AvgIpc) is 2.52. The topological polar surface area (TPSA) is 56.8 Å². The summed E-state index contributed by atoms with van der Waals surface area (Å²) >= 11 is 0. The number of allylic oxidation sites excluding steroid dienone is 1. The Bertz CT molecular complexity index is 460. The molecule has 0 atom stereocenters. The van der Waals surface area contributed by atoms with E-state index < -0.39 is 0 Å². The van der Waals surface area contributed by atoms with Gasteiger partial charge in [-0.05, 0) is 12.8 Å². The first kappa shape index (κ1) is 16.9. The SMILES string of the molecule is C=CCCC(=O)NCCc1c(OC)cc(OC)cc1OC. The minimum atomic E-state index is 0.0151. The first-order valence-electron chi connectivity index (χ1n) is 6.82. The van der Waals surface area contributed by atoms with Gasteiger partial charge in [0.2, 0.25) is 5.91 Å². The summed E-state index contributed by atoms with van der Waals surface area (Å²) in [7, 11) is 4.79. The highest BCUT2D eigenvalue weighted by atomic mass is 16.5. The van der Waals surface area contributed by atoms with Crippen molar-refractivity contribution in [2.45, 2.75) is 19.3 Å². The van der Waals surface area contributed by atoms with Crippen molar-refractivity contribution in [3.05, 3.63) is 30.4 Å². The highest BCUT2D eigenvalue weighted by Gasteiger charge is 2.13. The predicted octanol–water partition coefficient (Wildman–Crippen LogP) is 2.34. The molecule has 0 radical (unpaired) electrons. The number of benzene rings is 1. The summed E-state index contributed by atoms with van der Waals surface area (Å²) in [5, 5.41) is 2.87. The molecule has 0 spiro atoms. The molecule has 0 unspecified atom stereocenters. The summed E-state index contributed by atoms with van der Waals surface area (Å²) in [6, 6.07) is 3.61. The van der Waals surface area contributed by atoms with Gasteiger partial charge in [0.05, 0.1) is 21.3 Å². The molecule has 0 saturated heterocycles. The van der Waals surface area contributed by atoms with Crippen LogP contribution in [0.4, 0.5) is 0 Å². The Morgan fingerprint density at radius 3 is 2.29 bits per heavy atom. The first-order chi connectivity index (χ1) is 10.2. The number of hydrogen-bond acceptors (Lipinski definition) is 4. The van der Waals surface area contributed by atoms with E-state index in [1.807, 2.05) is 0 Å². The molecule has 0 saturated carbocycles. The molecule has 21 heavy (non-hydrogen) atoms. The summed E-state index contributed by atoms with van der Waals surface area (Å²) in [5.41, 5.74) is 0.907. The summed E-state index contributed by atoms with van der Waals surface area (Å²) in [6.07, 6.45) is 3.49. The number of hydrogen-bond donors (Lipinski definition) is 1. The Balaban J connectivity index is 2.73. The van der Waals surface area contributed by atoms with Gasteiger partial charge in [-0.2, -0.15) is 0 Å². The van der Waals surface area contributed by atoms with Crippen LogP contribution in [0.1, 0.15) is 18.4 Å². The van der Waals surface area contributed by atoms with Crippen molar-refractivity contribution in [2.24, 2.45) is 0 Å². The highest BCUT2D eigenvalue weighted by molar-refractivity contribution is 5.76. The smallest absolute Gasteiger partial charge is 0.220 e. The third-order valence-corrected chi connectivity index (χ3v) is 3.09. The van der Waals surface area contributed by atoms with Gasteiger partial charge < -0.3 is 19.5 Å². The first-order valence-corrected chi connectivity index (χ1v) is 6.82. The van der Waals surface area contributed by atoms with Crippen molar-refractivity contribution in [3.8, 4) is 17.2 Å². The fourth-order valence-electron chi connectivity index (χ4n) is 1.97. The minimum Gasteiger partial charge on any atom is -0.496 e. The number of amides is 1. The van der Waals surface area contributed by atoms with E-state index in [2.05, 4.69) is 11.9 Å². The molecule has 1 aromatic carbocycles. The van der Waals surface area contributed by atoms with Crippen LogP contribution in [0.3, 0.4) is 0 Å². The molecule has 1 rings (SSSR count). The largest absolute Gasteiger partial charge is 0.496 e. The van der Waals surface area contributed by atoms with E-state index in [-0.39, 0.29) is 5.91 Å². The Morgan fingerprint density at radius 2 is 1.81 bits per heavy atom. The van der Waals surface area contributed by atoms with Gasteiger partial charge in [0.1, 0.15) is 17.2 Å². The summed E-state index contributed by atoms with van der Waals surface area (Å²) in [6.45, 7) is 4.12. The van der Waals surface area contributed by atoms with E-state index in [1.165, 1.54) is 0 Å². The molecular formula is C16H23NO4. The van der Waals surface area contributed by atoms with Crippen LogP contribution in [0.5, 0.6) is 17.2 Å². The van der Waals surface area contributed by atoms with Gasteiger partial charge in [0, 0.05) is 30.7 Å². The molecular weight excluding hydrogens is 270 g/mol. The molecule has 0 bridgehead atoms. The molecule has 5 heteroatoms. The molecule has 0 aliphatic rings. The van der Waals surface area contributed by atoms with Crippen molar-refractivity contribution in [3.63, 3.8) is 0 Å². The number of nitrogens with one attached hydrogen (secondary N) is 1. The second-order valence-electron chi connectivity index (χ2n) is 4.44. The zero-order chi connectivity index (χ0) is 15.7. The van der Waals surface area contributed by atoms with Crippen LogP contribution in [0.25, 0.3) is 0 Å². The molecule has 1 N–H and O–H groups in total. The van der Waals surface area contributed by atoms with Gasteiger partial charge in [0.25, 0.3) is 0 Å². The molecule has 0 fully saturated rings. The third kappa shape index (κ3) is 5.02. The average molecular weight is 293 g/mol. The minimum absolute atomic E-state index is 0.0151. The highest BCUT2D eigenvalue weighted by Crippen LogP contribution is 2.34. The fraction of sp³-hybridized carbons (Fsp3) is 0.438. The molecule has 0 aliphatic carbocycles. The zero-order valence-electron chi connectivity index (χ0n) is 12.9. The lowest BCUT2D eigenvalue weighted by molar-refractivity contribution is -0.120. The number of carbonyl (C=O) groups excluding carboxylic acids is 1. The number of ether oxygens (including phenoxy) is 3. The molecule has 5 nitrogen and oxygen atoms in total. The van der Waals surface area contributed by atoms with E-state index >= 15 is 0 Å². The Labute approximate surface area is 125 Å². The zero-order valence-corrected chi connectivity index (χ0v) is 12.9. The van der Waals surface area contributed by atoms with Crippen molar-refractivity contribution < 1.29 is 19.0 Å². The maximum Gasteiger partial charge on any atom is 0.220 e. The van der Waals surface area contributed by atoms with Crippen LogP contribution in [-0.2, 0) is 11.2 Å². The fourth-order valence-corrected chi connectivity index (χ4v) is 1.97. The van der Waals surface area contributed by atoms with E-state index in [0.29, 0.717) is 43.1 Å². The second-order valence-corrected chi connectivity index (χ2v) is 4.44. The third-order valence-electron chi connectivity index (χ3n) is 3.09. The monoisotopic (exact) mass is 293 g/mol. The van der Waals surface area contributed by atoms with Crippen molar-refractivity contribution >= 4 is 5.91 Å². The lowest BCUT2D eigenvalue weighted by atomic mass is 10.1. The summed E-state index contributed by atoms with van der Waals surface area (Å²) in [5.74, 6) is 2.06. The van der Waals surface area contributed by atoms with Crippen LogP contribution in [-0.4, -0.2) is 33.8 Å².